The maximum atomic E-state index is 13.2. The van der Waals surface area contributed by atoms with Gasteiger partial charge < -0.3 is 9.73 Å². The molecule has 32 heavy (non-hydrogen) atoms. The lowest BCUT2D eigenvalue weighted by Gasteiger charge is -2.13. The first kappa shape index (κ1) is 21.0. The maximum absolute atomic E-state index is 13.2. The van der Waals surface area contributed by atoms with Gasteiger partial charge in [-0.05, 0) is 54.8 Å². The second-order valence-corrected chi connectivity index (χ2v) is 7.45. The molecule has 0 radical (unpaired) electrons. The van der Waals surface area contributed by atoms with Crippen molar-refractivity contribution in [1.29, 1.82) is 0 Å². The Morgan fingerprint density at radius 1 is 1.00 bits per heavy atom. The van der Waals surface area contributed by atoms with Gasteiger partial charge in [0.2, 0.25) is 5.69 Å². The van der Waals surface area contributed by atoms with Crippen molar-refractivity contribution >= 4 is 5.91 Å². The number of carbonyl (C=O) groups is 1. The highest BCUT2D eigenvalue weighted by atomic mass is 16.3. The minimum absolute atomic E-state index is 0.0182. The fourth-order valence-corrected chi connectivity index (χ4v) is 3.25. The van der Waals surface area contributed by atoms with Crippen LogP contribution >= 0.6 is 0 Å². The van der Waals surface area contributed by atoms with Gasteiger partial charge in [-0.25, -0.2) is 4.79 Å². The van der Waals surface area contributed by atoms with Crippen LogP contribution in [-0.4, -0.2) is 20.3 Å². The molecule has 1 amide bonds. The number of hydrogen-bond acceptors (Lipinski definition) is 5. The highest BCUT2D eigenvalue weighted by molar-refractivity contribution is 5.91. The highest BCUT2D eigenvalue weighted by Crippen LogP contribution is 2.12. The number of benzene rings is 2. The summed E-state index contributed by atoms with van der Waals surface area (Å²) >= 11 is 0. The lowest BCUT2D eigenvalue weighted by molar-refractivity contribution is 0.0938. The highest BCUT2D eigenvalue weighted by Gasteiger charge is 2.21. The molecule has 4 rings (SSSR count). The number of aryl methyl sites for hydroxylation is 2. The third kappa shape index (κ3) is 4.29. The van der Waals surface area contributed by atoms with Gasteiger partial charge in [0, 0.05) is 0 Å². The second kappa shape index (κ2) is 8.89. The molecule has 0 saturated heterocycles. The number of hydrogen-bond donors (Lipinski definition) is 1. The summed E-state index contributed by atoms with van der Waals surface area (Å²) < 4.78 is 7.34. The summed E-state index contributed by atoms with van der Waals surface area (Å²) in [5, 5.41) is 6.77. The Morgan fingerprint density at radius 2 is 1.78 bits per heavy atom. The lowest BCUT2D eigenvalue weighted by Crippen LogP contribution is -2.46. The molecule has 0 aliphatic rings. The number of rotatable bonds is 6. The SMILES string of the molecule is Cc1ccc(-n2nc(C(=O)NCc3ccco3)c(=O)n(Cc3ccccc3)c2=O)cc1C. The fraction of sp³-hybridized carbons (Fsp3) is 0.167. The number of aromatic nitrogens is 3. The van der Waals surface area contributed by atoms with E-state index in [0.29, 0.717) is 11.4 Å². The molecule has 2 aromatic carbocycles. The summed E-state index contributed by atoms with van der Waals surface area (Å²) in [4.78, 5) is 39.2. The molecule has 8 nitrogen and oxygen atoms in total. The van der Waals surface area contributed by atoms with Gasteiger partial charge in [-0.2, -0.15) is 9.78 Å². The van der Waals surface area contributed by atoms with Crippen molar-refractivity contribution in [2.75, 3.05) is 0 Å². The normalized spacial score (nSPS) is 10.8. The van der Waals surface area contributed by atoms with E-state index in [9.17, 15) is 14.4 Å². The van der Waals surface area contributed by atoms with Crippen molar-refractivity contribution in [2.24, 2.45) is 0 Å². The van der Waals surface area contributed by atoms with Gasteiger partial charge >= 0.3 is 5.69 Å². The predicted octanol–water partition coefficient (Wildman–Crippen LogP) is 2.58. The summed E-state index contributed by atoms with van der Waals surface area (Å²) in [5.74, 6) is -0.156. The van der Waals surface area contributed by atoms with Crippen molar-refractivity contribution in [2.45, 2.75) is 26.9 Å². The van der Waals surface area contributed by atoms with Crippen molar-refractivity contribution in [3.05, 3.63) is 116 Å². The maximum Gasteiger partial charge on any atom is 0.352 e. The molecule has 1 N–H and O–H groups in total. The number of carbonyl (C=O) groups excluding carboxylic acids is 1. The summed E-state index contributed by atoms with van der Waals surface area (Å²) in [6, 6.07) is 17.9. The number of amides is 1. The lowest BCUT2D eigenvalue weighted by atomic mass is 10.1. The van der Waals surface area contributed by atoms with E-state index in [1.54, 1.807) is 24.3 Å². The zero-order chi connectivity index (χ0) is 22.7. The largest absolute Gasteiger partial charge is 0.467 e. The van der Waals surface area contributed by atoms with Crippen LogP contribution in [-0.2, 0) is 13.1 Å². The van der Waals surface area contributed by atoms with Crippen LogP contribution in [0.3, 0.4) is 0 Å². The molecule has 0 bridgehead atoms. The minimum Gasteiger partial charge on any atom is -0.467 e. The Morgan fingerprint density at radius 3 is 2.47 bits per heavy atom. The van der Waals surface area contributed by atoms with Gasteiger partial charge in [0.05, 0.1) is 25.0 Å². The Labute approximate surface area is 183 Å². The van der Waals surface area contributed by atoms with Crippen molar-refractivity contribution < 1.29 is 9.21 Å². The minimum atomic E-state index is -0.754. The van der Waals surface area contributed by atoms with Crippen molar-refractivity contribution in [3.63, 3.8) is 0 Å². The first-order chi connectivity index (χ1) is 15.4. The number of nitrogens with one attached hydrogen (secondary N) is 1. The van der Waals surface area contributed by atoms with E-state index in [4.69, 9.17) is 4.42 Å². The molecular formula is C24H22N4O4. The fourth-order valence-electron chi connectivity index (χ4n) is 3.25. The smallest absolute Gasteiger partial charge is 0.352 e. The van der Waals surface area contributed by atoms with E-state index in [0.717, 1.165) is 25.9 Å². The summed E-state index contributed by atoms with van der Waals surface area (Å²) in [6.45, 7) is 3.98. The molecule has 0 aliphatic carbocycles. The summed E-state index contributed by atoms with van der Waals surface area (Å²) in [6.07, 6.45) is 1.49. The predicted molar refractivity (Wildman–Crippen MR) is 119 cm³/mol. The van der Waals surface area contributed by atoms with Crippen LogP contribution in [0.25, 0.3) is 5.69 Å². The monoisotopic (exact) mass is 430 g/mol. The molecule has 2 heterocycles. The van der Waals surface area contributed by atoms with Crippen LogP contribution in [0.5, 0.6) is 0 Å². The van der Waals surface area contributed by atoms with Gasteiger partial charge in [0.1, 0.15) is 5.76 Å². The molecule has 8 heteroatoms. The Hall–Kier alpha value is -4.20. The number of furan rings is 1. The van der Waals surface area contributed by atoms with Crippen LogP contribution in [0, 0.1) is 13.8 Å². The number of nitrogens with zero attached hydrogens (tertiary/aromatic N) is 3. The first-order valence-corrected chi connectivity index (χ1v) is 10.1. The van der Waals surface area contributed by atoms with Gasteiger partial charge in [-0.15, -0.1) is 0 Å². The van der Waals surface area contributed by atoms with Crippen LogP contribution < -0.4 is 16.6 Å². The summed E-state index contributed by atoms with van der Waals surface area (Å²) in [5.41, 5.74) is 1.49. The van der Waals surface area contributed by atoms with Crippen LogP contribution in [0.1, 0.15) is 32.9 Å². The molecular weight excluding hydrogens is 408 g/mol. The van der Waals surface area contributed by atoms with Gasteiger partial charge in [-0.3, -0.25) is 14.2 Å². The van der Waals surface area contributed by atoms with Crippen molar-refractivity contribution in [1.82, 2.24) is 19.7 Å². The third-order valence-corrected chi connectivity index (χ3v) is 5.20. The van der Waals surface area contributed by atoms with Gasteiger partial charge in [0.15, 0.2) is 0 Å². The van der Waals surface area contributed by atoms with E-state index in [1.807, 2.05) is 50.2 Å². The average Bonchev–Trinajstić information content (AvgIpc) is 3.32. The summed E-state index contributed by atoms with van der Waals surface area (Å²) in [7, 11) is 0. The Kier molecular flexibility index (Phi) is 5.85. The van der Waals surface area contributed by atoms with Gasteiger partial charge in [-0.1, -0.05) is 36.4 Å². The Bertz CT molecular complexity index is 1370. The van der Waals surface area contributed by atoms with E-state index >= 15 is 0 Å². The molecule has 0 unspecified atom stereocenters. The van der Waals surface area contributed by atoms with Crippen LogP contribution in [0.15, 0.2) is 80.9 Å². The average molecular weight is 430 g/mol. The third-order valence-electron chi connectivity index (χ3n) is 5.20. The molecule has 162 valence electrons. The van der Waals surface area contributed by atoms with Crippen molar-refractivity contribution in [3.8, 4) is 5.69 Å². The molecule has 0 atom stereocenters. The van der Waals surface area contributed by atoms with E-state index in [1.165, 1.54) is 6.26 Å². The molecule has 2 aromatic heterocycles. The van der Waals surface area contributed by atoms with E-state index in [2.05, 4.69) is 10.4 Å². The second-order valence-electron chi connectivity index (χ2n) is 7.45. The standard InChI is InChI=1S/C24H22N4O4/c1-16-10-11-19(13-17(16)2)28-24(31)27(15-18-7-4-3-5-8-18)23(30)21(26-28)22(29)25-14-20-9-6-12-32-20/h3-13H,14-15H2,1-2H3,(H,25,29). The molecule has 0 fully saturated rings. The quantitative estimate of drug-likeness (QED) is 0.507. The van der Waals surface area contributed by atoms with E-state index < -0.39 is 17.2 Å². The van der Waals surface area contributed by atoms with E-state index in [-0.39, 0.29) is 18.8 Å². The molecule has 0 saturated carbocycles. The van der Waals surface area contributed by atoms with Crippen LogP contribution in [0.2, 0.25) is 0 Å². The van der Waals surface area contributed by atoms with Crippen LogP contribution in [0.4, 0.5) is 0 Å². The molecule has 4 aromatic rings. The molecule has 0 spiro atoms. The Balaban J connectivity index is 1.81. The molecule has 0 aliphatic heterocycles. The topological polar surface area (TPSA) is 99.1 Å². The first-order valence-electron chi connectivity index (χ1n) is 10.1. The zero-order valence-electron chi connectivity index (χ0n) is 17.7. The zero-order valence-corrected chi connectivity index (χ0v) is 17.7. The van der Waals surface area contributed by atoms with Gasteiger partial charge in [0.25, 0.3) is 11.5 Å².